The maximum absolute atomic E-state index is 14.0. The maximum atomic E-state index is 14.0. The Morgan fingerprint density at radius 3 is 1.22 bits per heavy atom. The summed E-state index contributed by atoms with van der Waals surface area (Å²) in [5.41, 5.74) is 0.288. The van der Waals surface area contributed by atoms with Crippen molar-refractivity contribution in [1.82, 2.24) is 24.5 Å². The van der Waals surface area contributed by atoms with Crippen molar-refractivity contribution >= 4 is 64.6 Å². The Kier molecular flexibility index (Phi) is 30.2. The van der Waals surface area contributed by atoms with Gasteiger partial charge in [-0.05, 0) is 45.0 Å². The summed E-state index contributed by atoms with van der Waals surface area (Å²) < 4.78 is 43.2. The molecule has 0 atom stereocenters. The van der Waals surface area contributed by atoms with Crippen LogP contribution in [-0.4, -0.2) is 253 Å². The first-order chi connectivity index (χ1) is 32.5. The molecule has 2 aliphatic rings. The zero-order valence-corrected chi connectivity index (χ0v) is 41.1. The normalized spacial score (nSPS) is 14.0. The Morgan fingerprint density at radius 1 is 0.478 bits per heavy atom. The highest BCUT2D eigenvalue weighted by Gasteiger charge is 2.31. The first-order valence-electron chi connectivity index (χ1n) is 22.8. The standard InChI is InChI=1S/C45H71N5O15S2/c1-4-58-25-26-65-40-7-5-39(6-8-40)45(57)50(31-41(53)46-9-13-48(14-10-46)43(55)35-66-29-27-61-19-17-59-21-23-63-33-37(2)51)32-42(54)47-11-15-49(16-12-47)44(56)36-67-30-28-62-20-18-60-22-24-64-34-38(3)52/h5-8H,4,9-36H2,1-3H3. The average Bonchev–Trinajstić information content (AvgIpc) is 3.33. The number of thioether (sulfide) groups is 2. The molecule has 2 heterocycles. The van der Waals surface area contributed by atoms with E-state index >= 15 is 0 Å². The summed E-state index contributed by atoms with van der Waals surface area (Å²) in [5.74, 6) is 1.07. The van der Waals surface area contributed by atoms with Gasteiger partial charge in [-0.3, -0.25) is 33.6 Å². The van der Waals surface area contributed by atoms with E-state index in [1.807, 2.05) is 6.92 Å². The lowest BCUT2D eigenvalue weighted by molar-refractivity contribution is -0.141. The number of hydrogen-bond donors (Lipinski definition) is 0. The van der Waals surface area contributed by atoms with Gasteiger partial charge in [-0.25, -0.2) is 0 Å². The summed E-state index contributed by atoms with van der Waals surface area (Å²) in [6, 6.07) is 6.52. The maximum Gasteiger partial charge on any atom is 0.254 e. The van der Waals surface area contributed by atoms with Crippen LogP contribution in [0.3, 0.4) is 0 Å². The van der Waals surface area contributed by atoms with E-state index < -0.39 is 5.91 Å². The van der Waals surface area contributed by atoms with Crippen LogP contribution in [0.5, 0.6) is 5.75 Å². The van der Waals surface area contributed by atoms with Gasteiger partial charge in [-0.1, -0.05) is 0 Å². The summed E-state index contributed by atoms with van der Waals surface area (Å²) in [7, 11) is 0. The highest BCUT2D eigenvalue weighted by molar-refractivity contribution is 8.00. The van der Waals surface area contributed by atoms with Crippen molar-refractivity contribution in [3.8, 4) is 5.75 Å². The van der Waals surface area contributed by atoms with Crippen LogP contribution in [-0.2, 0) is 61.9 Å². The van der Waals surface area contributed by atoms with Crippen LogP contribution < -0.4 is 4.74 Å². The van der Waals surface area contributed by atoms with Crippen molar-refractivity contribution in [1.29, 1.82) is 0 Å². The van der Waals surface area contributed by atoms with Gasteiger partial charge >= 0.3 is 0 Å². The third-order valence-corrected chi connectivity index (χ3v) is 11.8. The van der Waals surface area contributed by atoms with E-state index in [-0.39, 0.29) is 78.6 Å². The number of Topliss-reactive ketones (excluding diaryl/α,β-unsaturated/α-hetero) is 2. The van der Waals surface area contributed by atoms with Gasteiger partial charge in [-0.15, -0.1) is 23.5 Å². The monoisotopic (exact) mass is 985 g/mol. The van der Waals surface area contributed by atoms with Crippen molar-refractivity contribution < 1.29 is 71.5 Å². The number of carbonyl (C=O) groups is 7. The smallest absolute Gasteiger partial charge is 0.254 e. The van der Waals surface area contributed by atoms with Gasteiger partial charge in [-0.2, -0.15) is 0 Å². The Bertz CT molecular complexity index is 1550. The Hall–Kier alpha value is -3.87. The second kappa shape index (κ2) is 35.3. The van der Waals surface area contributed by atoms with Crippen molar-refractivity contribution in [3.63, 3.8) is 0 Å². The van der Waals surface area contributed by atoms with Crippen LogP contribution >= 0.6 is 23.5 Å². The quantitative estimate of drug-likeness (QED) is 0.0845. The topological polar surface area (TPSA) is 210 Å². The second-order valence-electron chi connectivity index (χ2n) is 15.3. The molecule has 0 bridgehead atoms. The van der Waals surface area contributed by atoms with E-state index in [2.05, 4.69) is 0 Å². The fourth-order valence-electron chi connectivity index (χ4n) is 6.42. The van der Waals surface area contributed by atoms with Gasteiger partial charge in [0.2, 0.25) is 23.6 Å². The molecule has 0 unspecified atom stereocenters. The number of benzene rings is 1. The largest absolute Gasteiger partial charge is 0.491 e. The number of nitrogens with zero attached hydrogens (tertiary/aromatic N) is 5. The second-order valence-corrected chi connectivity index (χ2v) is 17.5. The van der Waals surface area contributed by atoms with Crippen molar-refractivity contribution in [3.05, 3.63) is 29.8 Å². The lowest BCUT2D eigenvalue weighted by Gasteiger charge is -2.37. The third kappa shape index (κ3) is 25.4. The van der Waals surface area contributed by atoms with Crippen molar-refractivity contribution in [2.24, 2.45) is 0 Å². The molecule has 0 aliphatic carbocycles. The van der Waals surface area contributed by atoms with Crippen molar-refractivity contribution in [2.75, 3.05) is 188 Å². The van der Waals surface area contributed by atoms with Crippen LogP contribution in [0, 0.1) is 0 Å². The van der Waals surface area contributed by atoms with E-state index in [1.54, 1.807) is 43.9 Å². The molecule has 1 aromatic rings. The summed E-state index contributed by atoms with van der Waals surface area (Å²) >= 11 is 2.93. The average molecular weight is 986 g/mol. The number of rotatable bonds is 36. The van der Waals surface area contributed by atoms with Gasteiger partial charge in [0.05, 0.1) is 84.2 Å². The number of ketones is 2. The molecule has 2 aliphatic heterocycles. The molecule has 3 rings (SSSR count). The number of ether oxygens (including phenoxy) is 8. The van der Waals surface area contributed by atoms with Crippen LogP contribution in [0.25, 0.3) is 0 Å². The molecule has 2 saturated heterocycles. The lowest BCUT2D eigenvalue weighted by atomic mass is 10.1. The fourth-order valence-corrected chi connectivity index (χ4v) is 7.90. The Balaban J connectivity index is 1.41. The van der Waals surface area contributed by atoms with Crippen molar-refractivity contribution in [2.45, 2.75) is 20.8 Å². The van der Waals surface area contributed by atoms with E-state index in [0.29, 0.717) is 156 Å². The highest BCUT2D eigenvalue weighted by Crippen LogP contribution is 2.16. The minimum Gasteiger partial charge on any atom is -0.491 e. The molecule has 5 amide bonds. The summed E-state index contributed by atoms with van der Waals surface area (Å²) in [6.07, 6.45) is 0. The minimum atomic E-state index is -0.487. The van der Waals surface area contributed by atoms with Gasteiger partial charge in [0.25, 0.3) is 5.91 Å². The zero-order chi connectivity index (χ0) is 48.5. The lowest BCUT2D eigenvalue weighted by Crippen LogP contribution is -2.55. The molecule has 67 heavy (non-hydrogen) atoms. The first kappa shape index (κ1) is 57.4. The predicted octanol–water partition coefficient (Wildman–Crippen LogP) is 0.630. The molecule has 20 nitrogen and oxygen atoms in total. The van der Waals surface area contributed by atoms with Crippen LogP contribution in [0.4, 0.5) is 0 Å². The molecule has 0 saturated carbocycles. The van der Waals surface area contributed by atoms with Gasteiger partial charge in [0.1, 0.15) is 38.7 Å². The Morgan fingerprint density at radius 2 is 0.836 bits per heavy atom. The molecule has 0 aromatic heterocycles. The van der Waals surface area contributed by atoms with Crippen LogP contribution in [0.1, 0.15) is 31.1 Å². The summed E-state index contributed by atoms with van der Waals surface area (Å²) in [5, 5.41) is 0. The molecule has 0 spiro atoms. The number of hydrogen-bond acceptors (Lipinski definition) is 17. The summed E-state index contributed by atoms with van der Waals surface area (Å²) in [4.78, 5) is 97.0. The van der Waals surface area contributed by atoms with E-state index in [1.165, 1.54) is 42.3 Å². The predicted molar refractivity (Wildman–Crippen MR) is 252 cm³/mol. The van der Waals surface area contributed by atoms with Crippen LogP contribution in [0.2, 0.25) is 0 Å². The molecular weight excluding hydrogens is 915 g/mol. The molecule has 0 N–H and O–H groups in total. The van der Waals surface area contributed by atoms with E-state index in [4.69, 9.17) is 37.9 Å². The highest BCUT2D eigenvalue weighted by atomic mass is 32.2. The minimum absolute atomic E-state index is 0.0335. The number of amides is 5. The van der Waals surface area contributed by atoms with Gasteiger partial charge < -0.3 is 62.4 Å². The number of piperazine rings is 2. The van der Waals surface area contributed by atoms with Gasteiger partial charge in [0, 0.05) is 76.0 Å². The van der Waals surface area contributed by atoms with E-state index in [0.717, 1.165) is 0 Å². The number of carbonyl (C=O) groups excluding carboxylic acids is 7. The zero-order valence-electron chi connectivity index (χ0n) is 39.5. The molecule has 2 fully saturated rings. The third-order valence-electron chi connectivity index (χ3n) is 10.0. The van der Waals surface area contributed by atoms with Crippen LogP contribution in [0.15, 0.2) is 24.3 Å². The van der Waals surface area contributed by atoms with E-state index in [9.17, 15) is 33.6 Å². The SMILES string of the molecule is CCOCCOc1ccc(C(=O)N(CC(=O)N2CCN(C(=O)CSCCOCCOCCOCC(C)=O)CC2)CC(=O)N2CCN(C(=O)CSCCOCCOCCOCC(C)=O)CC2)cc1. The molecule has 0 radical (unpaired) electrons. The molecular formula is C45H71N5O15S2. The molecule has 378 valence electrons. The van der Waals surface area contributed by atoms with Gasteiger partial charge in [0.15, 0.2) is 11.6 Å². The molecule has 1 aromatic carbocycles. The first-order valence-corrected chi connectivity index (χ1v) is 25.1. The Labute approximate surface area is 403 Å². The summed E-state index contributed by atoms with van der Waals surface area (Å²) in [6.45, 7) is 12.2. The fraction of sp³-hybridized carbons (Fsp3) is 0.711. The molecule has 22 heteroatoms.